The van der Waals surface area contributed by atoms with Crippen molar-refractivity contribution in [3.63, 3.8) is 0 Å². The normalized spacial score (nSPS) is 23.0. The first-order chi connectivity index (χ1) is 10.6. The molecule has 0 spiro atoms. The molecule has 1 atom stereocenters. The van der Waals surface area contributed by atoms with Gasteiger partial charge >= 0.3 is 0 Å². The predicted molar refractivity (Wildman–Crippen MR) is 83.7 cm³/mol. The first-order valence-electron chi connectivity index (χ1n) is 7.73. The van der Waals surface area contributed by atoms with Gasteiger partial charge in [0.2, 0.25) is 0 Å². The highest BCUT2D eigenvalue weighted by atomic mass is 79.9. The van der Waals surface area contributed by atoms with Gasteiger partial charge in [0.25, 0.3) is 5.91 Å². The number of rotatable bonds is 2. The van der Waals surface area contributed by atoms with E-state index in [1.54, 1.807) is 4.90 Å². The van der Waals surface area contributed by atoms with E-state index in [2.05, 4.69) is 21.2 Å². The molecule has 1 amide bonds. The second-order valence-electron chi connectivity index (χ2n) is 6.08. The smallest absolute Gasteiger partial charge is 0.259 e. The Morgan fingerprint density at radius 1 is 1.18 bits per heavy atom. The molecule has 0 bridgehead atoms. The van der Waals surface area contributed by atoms with Crippen molar-refractivity contribution in [3.8, 4) is 0 Å². The van der Waals surface area contributed by atoms with Crippen molar-refractivity contribution in [2.24, 2.45) is 5.92 Å². The fraction of sp³-hybridized carbons (Fsp3) is 0.562. The third-order valence-electron chi connectivity index (χ3n) is 4.72. The zero-order chi connectivity index (χ0) is 15.7. The van der Waals surface area contributed by atoms with Crippen molar-refractivity contribution in [1.29, 1.82) is 0 Å². The van der Waals surface area contributed by atoms with Gasteiger partial charge in [0, 0.05) is 23.6 Å². The summed E-state index contributed by atoms with van der Waals surface area (Å²) in [5.41, 5.74) is -0.444. The van der Waals surface area contributed by atoms with E-state index < -0.39 is 23.1 Å². The van der Waals surface area contributed by atoms with Crippen LogP contribution in [0.25, 0.3) is 0 Å². The maximum absolute atomic E-state index is 13.9. The Morgan fingerprint density at radius 2 is 1.82 bits per heavy atom. The van der Waals surface area contributed by atoms with Crippen LogP contribution < -0.4 is 5.32 Å². The molecule has 0 radical (unpaired) electrons. The summed E-state index contributed by atoms with van der Waals surface area (Å²) in [6.45, 7) is 2.20. The maximum Gasteiger partial charge on any atom is 0.259 e. The molecule has 2 aliphatic rings. The lowest BCUT2D eigenvalue weighted by molar-refractivity contribution is 0.0664. The van der Waals surface area contributed by atoms with Crippen LogP contribution in [-0.2, 0) is 0 Å². The van der Waals surface area contributed by atoms with E-state index in [0.29, 0.717) is 29.5 Å². The Balaban J connectivity index is 1.67. The summed E-state index contributed by atoms with van der Waals surface area (Å²) >= 11 is 3.03. The van der Waals surface area contributed by atoms with Gasteiger partial charge in [-0.1, -0.05) is 15.9 Å². The van der Waals surface area contributed by atoms with Gasteiger partial charge in [0.05, 0.1) is 0 Å². The largest absolute Gasteiger partial charge is 0.338 e. The van der Waals surface area contributed by atoms with Crippen molar-refractivity contribution in [2.45, 2.75) is 31.7 Å². The van der Waals surface area contributed by atoms with Crippen LogP contribution in [0.4, 0.5) is 8.78 Å². The van der Waals surface area contributed by atoms with Gasteiger partial charge < -0.3 is 10.2 Å². The van der Waals surface area contributed by atoms with Crippen LogP contribution in [-0.4, -0.2) is 36.5 Å². The molecule has 1 aromatic rings. The average Bonchev–Trinajstić information content (AvgIpc) is 3.00. The molecular weight excluding hydrogens is 354 g/mol. The molecule has 0 aromatic heterocycles. The van der Waals surface area contributed by atoms with Crippen molar-refractivity contribution in [3.05, 3.63) is 33.8 Å². The lowest BCUT2D eigenvalue weighted by atomic mass is 9.88. The number of halogens is 3. The van der Waals surface area contributed by atoms with Crippen LogP contribution in [0.5, 0.6) is 0 Å². The molecule has 120 valence electrons. The third-order valence-corrected chi connectivity index (χ3v) is 5.17. The van der Waals surface area contributed by atoms with Crippen molar-refractivity contribution in [1.82, 2.24) is 10.2 Å². The quantitative estimate of drug-likeness (QED) is 0.863. The molecule has 1 unspecified atom stereocenters. The van der Waals surface area contributed by atoms with Crippen LogP contribution in [0.2, 0.25) is 0 Å². The average molecular weight is 373 g/mol. The van der Waals surface area contributed by atoms with Crippen LogP contribution in [0.3, 0.4) is 0 Å². The summed E-state index contributed by atoms with van der Waals surface area (Å²) in [6.07, 6.45) is 4.18. The number of likely N-dealkylation sites (tertiary alicyclic amines) is 1. The van der Waals surface area contributed by atoms with Gasteiger partial charge in [-0.25, -0.2) is 8.78 Å². The summed E-state index contributed by atoms with van der Waals surface area (Å²) in [7, 11) is 0. The molecule has 0 saturated carbocycles. The fourth-order valence-corrected chi connectivity index (χ4v) is 3.93. The number of benzene rings is 1. The maximum atomic E-state index is 13.9. The highest BCUT2D eigenvalue weighted by molar-refractivity contribution is 9.10. The van der Waals surface area contributed by atoms with Gasteiger partial charge in [-0.15, -0.1) is 0 Å². The Morgan fingerprint density at radius 3 is 2.36 bits per heavy atom. The van der Waals surface area contributed by atoms with Gasteiger partial charge in [0.15, 0.2) is 0 Å². The van der Waals surface area contributed by atoms with E-state index in [1.807, 2.05) is 0 Å². The van der Waals surface area contributed by atoms with E-state index in [0.717, 1.165) is 31.5 Å². The summed E-state index contributed by atoms with van der Waals surface area (Å²) in [6, 6.07) is 2.80. The number of hydrogen-bond acceptors (Lipinski definition) is 2. The lowest BCUT2D eigenvalue weighted by Gasteiger charge is -2.35. The summed E-state index contributed by atoms with van der Waals surface area (Å²) in [4.78, 5) is 14.0. The highest BCUT2D eigenvalue weighted by Crippen LogP contribution is 2.27. The number of piperidine rings is 1. The molecule has 2 fully saturated rings. The lowest BCUT2D eigenvalue weighted by Crippen LogP contribution is -2.43. The monoisotopic (exact) mass is 372 g/mol. The minimum atomic E-state index is -0.809. The first kappa shape index (κ1) is 15.9. The first-order valence-corrected chi connectivity index (χ1v) is 8.53. The zero-order valence-electron chi connectivity index (χ0n) is 12.2. The highest BCUT2D eigenvalue weighted by Gasteiger charge is 2.31. The summed E-state index contributed by atoms with van der Waals surface area (Å²) in [5.74, 6) is -1.60. The van der Waals surface area contributed by atoms with Crippen molar-refractivity contribution < 1.29 is 13.6 Å². The van der Waals surface area contributed by atoms with Crippen molar-refractivity contribution >= 4 is 21.8 Å². The molecular formula is C16H19BrF2N2O. The standard InChI is InChI=1S/C16H19BrF2N2O/c17-11-8-12(18)15(13(19)9-11)16(22)21-6-3-10(4-7-21)14-2-1-5-20-14/h8-10,14,20H,1-7H2. The molecule has 2 heterocycles. The number of hydrogen-bond donors (Lipinski definition) is 1. The van der Waals surface area contributed by atoms with E-state index in [4.69, 9.17) is 0 Å². The Hall–Kier alpha value is -1.01. The third kappa shape index (κ3) is 3.18. The molecule has 3 nitrogen and oxygen atoms in total. The van der Waals surface area contributed by atoms with Crippen LogP contribution >= 0.6 is 15.9 Å². The number of amides is 1. The second-order valence-corrected chi connectivity index (χ2v) is 6.99. The minimum absolute atomic E-state index is 0.296. The van der Waals surface area contributed by atoms with Crippen LogP contribution in [0.15, 0.2) is 16.6 Å². The summed E-state index contributed by atoms with van der Waals surface area (Å²) in [5, 5.41) is 3.50. The fourth-order valence-electron chi connectivity index (χ4n) is 3.52. The second kappa shape index (κ2) is 6.62. The van der Waals surface area contributed by atoms with Gasteiger partial charge in [-0.2, -0.15) is 0 Å². The molecule has 1 N–H and O–H groups in total. The van der Waals surface area contributed by atoms with E-state index in [-0.39, 0.29) is 0 Å². The number of carbonyl (C=O) groups excluding carboxylic acids is 1. The van der Waals surface area contributed by atoms with Gasteiger partial charge in [0.1, 0.15) is 17.2 Å². The van der Waals surface area contributed by atoms with Crippen LogP contribution in [0.1, 0.15) is 36.0 Å². The van der Waals surface area contributed by atoms with E-state index >= 15 is 0 Å². The van der Waals surface area contributed by atoms with E-state index in [9.17, 15) is 13.6 Å². The molecule has 3 rings (SSSR count). The summed E-state index contributed by atoms with van der Waals surface area (Å²) < 4.78 is 28.1. The SMILES string of the molecule is O=C(c1c(F)cc(Br)cc1F)N1CCC(C2CCCN2)CC1. The molecule has 6 heteroatoms. The van der Waals surface area contributed by atoms with Gasteiger partial charge in [-0.3, -0.25) is 4.79 Å². The molecule has 22 heavy (non-hydrogen) atoms. The topological polar surface area (TPSA) is 32.3 Å². The predicted octanol–water partition coefficient (Wildman–Crippen LogP) is 3.33. The number of nitrogens with zero attached hydrogens (tertiary/aromatic N) is 1. The zero-order valence-corrected chi connectivity index (χ0v) is 13.8. The molecule has 0 aliphatic carbocycles. The number of carbonyl (C=O) groups is 1. The Bertz CT molecular complexity index is 544. The number of nitrogens with one attached hydrogen (secondary N) is 1. The Labute approximate surface area is 137 Å². The Kier molecular flexibility index (Phi) is 4.78. The minimum Gasteiger partial charge on any atom is -0.338 e. The molecule has 2 saturated heterocycles. The van der Waals surface area contributed by atoms with Crippen LogP contribution in [0, 0.1) is 17.6 Å². The van der Waals surface area contributed by atoms with Gasteiger partial charge in [-0.05, 0) is 50.3 Å². The van der Waals surface area contributed by atoms with E-state index in [1.165, 1.54) is 12.8 Å². The van der Waals surface area contributed by atoms with Crippen molar-refractivity contribution in [2.75, 3.05) is 19.6 Å². The molecule has 1 aromatic carbocycles. The molecule has 2 aliphatic heterocycles.